The average molecular weight is 396 g/mol. The van der Waals surface area contributed by atoms with Crippen molar-refractivity contribution in [1.29, 1.82) is 0 Å². The average Bonchev–Trinajstić information content (AvgIpc) is 2.95. The fourth-order valence-corrected chi connectivity index (χ4v) is 3.27. The van der Waals surface area contributed by atoms with Crippen LogP contribution in [0.15, 0.2) is 42.5 Å². The second kappa shape index (κ2) is 8.79. The number of hydrogen-bond donors (Lipinski definition) is 2. The molecule has 29 heavy (non-hydrogen) atoms. The molecule has 0 atom stereocenters. The van der Waals surface area contributed by atoms with Crippen LogP contribution in [0.3, 0.4) is 0 Å². The van der Waals surface area contributed by atoms with Crippen molar-refractivity contribution in [1.82, 2.24) is 4.57 Å². The van der Waals surface area contributed by atoms with E-state index < -0.39 is 12.6 Å². The maximum atomic E-state index is 12.7. The Morgan fingerprint density at radius 2 is 1.93 bits per heavy atom. The molecule has 152 valence electrons. The molecule has 0 aliphatic rings. The Hall–Kier alpha value is -3.32. The van der Waals surface area contributed by atoms with Crippen molar-refractivity contribution in [2.24, 2.45) is 0 Å². The van der Waals surface area contributed by atoms with Gasteiger partial charge in [0.2, 0.25) is 0 Å². The largest absolute Gasteiger partial charge is 0.482 e. The second-order valence-electron chi connectivity index (χ2n) is 6.75. The summed E-state index contributed by atoms with van der Waals surface area (Å²) in [4.78, 5) is 23.4. The van der Waals surface area contributed by atoms with Crippen LogP contribution >= 0.6 is 0 Å². The number of carboxylic acid groups (broad SMARTS) is 1. The number of anilines is 1. The minimum atomic E-state index is -1.06. The Morgan fingerprint density at radius 3 is 2.66 bits per heavy atom. The van der Waals surface area contributed by atoms with Crippen LogP contribution in [-0.2, 0) is 16.1 Å². The molecule has 0 spiro atoms. The summed E-state index contributed by atoms with van der Waals surface area (Å²) >= 11 is 0. The molecule has 0 radical (unpaired) electrons. The van der Waals surface area contributed by atoms with E-state index in [4.69, 9.17) is 14.6 Å². The van der Waals surface area contributed by atoms with Gasteiger partial charge < -0.3 is 24.5 Å². The van der Waals surface area contributed by atoms with Crippen LogP contribution < -0.4 is 10.1 Å². The molecule has 3 aromatic rings. The number of carbonyl (C=O) groups is 2. The minimum absolute atomic E-state index is 0.246. The molecule has 0 bridgehead atoms. The van der Waals surface area contributed by atoms with Gasteiger partial charge in [0.25, 0.3) is 5.91 Å². The number of aliphatic carboxylic acids is 1. The predicted octanol–water partition coefficient (Wildman–Crippen LogP) is 3.62. The van der Waals surface area contributed by atoms with Crippen molar-refractivity contribution in [3.8, 4) is 5.75 Å². The van der Waals surface area contributed by atoms with Crippen molar-refractivity contribution in [3.63, 3.8) is 0 Å². The topological polar surface area (TPSA) is 89.8 Å². The van der Waals surface area contributed by atoms with E-state index in [1.807, 2.05) is 19.1 Å². The highest BCUT2D eigenvalue weighted by Gasteiger charge is 2.14. The van der Waals surface area contributed by atoms with E-state index in [1.165, 1.54) is 0 Å². The zero-order valence-electron chi connectivity index (χ0n) is 16.7. The van der Waals surface area contributed by atoms with Gasteiger partial charge in [0.1, 0.15) is 5.75 Å². The van der Waals surface area contributed by atoms with Crippen LogP contribution in [0.25, 0.3) is 10.9 Å². The van der Waals surface area contributed by atoms with Crippen molar-refractivity contribution in [3.05, 3.63) is 59.3 Å². The first kappa shape index (κ1) is 20.4. The maximum absolute atomic E-state index is 12.7. The molecular formula is C22H24N2O5. The van der Waals surface area contributed by atoms with Crippen molar-refractivity contribution in [2.45, 2.75) is 20.4 Å². The highest BCUT2D eigenvalue weighted by atomic mass is 16.5. The Bertz CT molecular complexity index is 1050. The molecule has 0 saturated carbocycles. The summed E-state index contributed by atoms with van der Waals surface area (Å²) < 4.78 is 12.5. The molecule has 2 N–H and O–H groups in total. The summed E-state index contributed by atoms with van der Waals surface area (Å²) in [5.74, 6) is -0.929. The third-order valence-electron chi connectivity index (χ3n) is 4.87. The van der Waals surface area contributed by atoms with Crippen LogP contribution in [0.1, 0.15) is 21.6 Å². The second-order valence-corrected chi connectivity index (χ2v) is 6.75. The SMILES string of the molecule is COCCn1c(C)c(C)c2cc(C(=O)Nc3cccc(OCC(=O)O)c3)ccc21. The lowest BCUT2D eigenvalue weighted by atomic mass is 10.1. The molecule has 0 unspecified atom stereocenters. The quantitative estimate of drug-likeness (QED) is 0.607. The van der Waals surface area contributed by atoms with Crippen LogP contribution in [0.4, 0.5) is 5.69 Å². The van der Waals surface area contributed by atoms with Crippen molar-refractivity contribution >= 4 is 28.5 Å². The smallest absolute Gasteiger partial charge is 0.341 e. The predicted molar refractivity (Wildman–Crippen MR) is 111 cm³/mol. The first-order chi connectivity index (χ1) is 13.9. The van der Waals surface area contributed by atoms with Gasteiger partial charge in [0.05, 0.1) is 6.61 Å². The number of benzene rings is 2. The first-order valence-corrected chi connectivity index (χ1v) is 9.25. The monoisotopic (exact) mass is 396 g/mol. The van der Waals surface area contributed by atoms with E-state index in [-0.39, 0.29) is 5.91 Å². The van der Waals surface area contributed by atoms with Gasteiger partial charge in [0, 0.05) is 47.6 Å². The summed E-state index contributed by atoms with van der Waals surface area (Å²) in [5.41, 5.74) is 4.43. The standard InChI is InChI=1S/C22H24N2O5/c1-14-15(2)24(9-10-28-3)20-8-7-16(11-19(14)20)22(27)23-17-5-4-6-18(12-17)29-13-21(25)26/h4-8,11-12H,9-10,13H2,1-3H3,(H,23,27)(H,25,26). The highest BCUT2D eigenvalue weighted by molar-refractivity contribution is 6.06. The van der Waals surface area contributed by atoms with Crippen LogP contribution in [0.2, 0.25) is 0 Å². The van der Waals surface area contributed by atoms with Crippen molar-refractivity contribution in [2.75, 3.05) is 25.6 Å². The van der Waals surface area contributed by atoms with Gasteiger partial charge in [-0.2, -0.15) is 0 Å². The van der Waals surface area contributed by atoms with Gasteiger partial charge in [-0.3, -0.25) is 4.79 Å². The van der Waals surface area contributed by atoms with Gasteiger partial charge in [-0.25, -0.2) is 4.79 Å². The third-order valence-corrected chi connectivity index (χ3v) is 4.87. The maximum Gasteiger partial charge on any atom is 0.341 e. The van der Waals surface area contributed by atoms with Crippen LogP contribution in [0.5, 0.6) is 5.75 Å². The lowest BCUT2D eigenvalue weighted by molar-refractivity contribution is -0.139. The molecule has 7 heteroatoms. The molecule has 0 aliphatic heterocycles. The Labute approximate surface area is 168 Å². The van der Waals surface area contributed by atoms with Gasteiger partial charge in [-0.1, -0.05) is 6.07 Å². The number of methoxy groups -OCH3 is 1. The Kier molecular flexibility index (Phi) is 6.19. The molecule has 1 heterocycles. The van der Waals surface area contributed by atoms with E-state index in [2.05, 4.69) is 16.8 Å². The molecule has 0 aliphatic carbocycles. The number of rotatable bonds is 8. The Morgan fingerprint density at radius 1 is 1.14 bits per heavy atom. The highest BCUT2D eigenvalue weighted by Crippen LogP contribution is 2.27. The normalized spacial score (nSPS) is 10.9. The number of carbonyl (C=O) groups excluding carboxylic acids is 1. The van der Waals surface area contributed by atoms with E-state index in [0.29, 0.717) is 23.6 Å². The number of fused-ring (bicyclic) bond motifs is 1. The minimum Gasteiger partial charge on any atom is -0.482 e. The van der Waals surface area contributed by atoms with E-state index in [0.717, 1.165) is 28.7 Å². The first-order valence-electron chi connectivity index (χ1n) is 9.25. The summed E-state index contributed by atoms with van der Waals surface area (Å²) in [7, 11) is 1.68. The lowest BCUT2D eigenvalue weighted by Crippen LogP contribution is -2.13. The van der Waals surface area contributed by atoms with Crippen molar-refractivity contribution < 1.29 is 24.2 Å². The van der Waals surface area contributed by atoms with E-state index in [9.17, 15) is 9.59 Å². The number of amides is 1. The number of carboxylic acids is 1. The lowest BCUT2D eigenvalue weighted by Gasteiger charge is -2.09. The summed E-state index contributed by atoms with van der Waals surface area (Å²) in [6.07, 6.45) is 0. The third kappa shape index (κ3) is 4.57. The number of aromatic nitrogens is 1. The number of nitrogens with one attached hydrogen (secondary N) is 1. The molecular weight excluding hydrogens is 372 g/mol. The van der Waals surface area contributed by atoms with Crippen LogP contribution in [0, 0.1) is 13.8 Å². The molecule has 1 amide bonds. The fraction of sp³-hybridized carbons (Fsp3) is 0.273. The summed E-state index contributed by atoms with van der Waals surface area (Å²) in [6, 6.07) is 12.3. The molecule has 2 aromatic carbocycles. The zero-order valence-corrected chi connectivity index (χ0v) is 16.7. The number of ether oxygens (including phenoxy) is 2. The fourth-order valence-electron chi connectivity index (χ4n) is 3.27. The summed E-state index contributed by atoms with van der Waals surface area (Å²) in [6.45, 7) is 5.04. The molecule has 0 saturated heterocycles. The van der Waals surface area contributed by atoms with Gasteiger partial charge in [-0.15, -0.1) is 0 Å². The summed E-state index contributed by atoms with van der Waals surface area (Å²) in [5, 5.41) is 12.6. The van der Waals surface area contributed by atoms with E-state index >= 15 is 0 Å². The Balaban J connectivity index is 1.82. The number of nitrogens with zero attached hydrogens (tertiary/aromatic N) is 1. The molecule has 0 fully saturated rings. The van der Waals surface area contributed by atoms with E-state index in [1.54, 1.807) is 37.4 Å². The molecule has 7 nitrogen and oxygen atoms in total. The molecule has 1 aromatic heterocycles. The molecule has 3 rings (SSSR count). The van der Waals surface area contributed by atoms with Gasteiger partial charge >= 0.3 is 5.97 Å². The van der Waals surface area contributed by atoms with Crippen LogP contribution in [-0.4, -0.2) is 41.9 Å². The van der Waals surface area contributed by atoms with Gasteiger partial charge in [0.15, 0.2) is 6.61 Å². The number of aryl methyl sites for hydroxylation is 1. The zero-order chi connectivity index (χ0) is 21.0. The van der Waals surface area contributed by atoms with Gasteiger partial charge in [-0.05, 0) is 49.7 Å². The number of hydrogen-bond acceptors (Lipinski definition) is 4.